The van der Waals surface area contributed by atoms with E-state index >= 15 is 0 Å². The largest absolute Gasteiger partial charge is 0.285 e. The van der Waals surface area contributed by atoms with Gasteiger partial charge >= 0.3 is 0 Å². The number of hydrogen-bond donors (Lipinski definition) is 1. The van der Waals surface area contributed by atoms with Gasteiger partial charge in [0.25, 0.3) is 5.91 Å². The van der Waals surface area contributed by atoms with E-state index in [1.807, 2.05) is 6.92 Å². The Balaban J connectivity index is 2.20. The summed E-state index contributed by atoms with van der Waals surface area (Å²) in [6, 6.07) is 0. The molecule has 1 spiro atoms. The maximum absolute atomic E-state index is 11.0. The molecule has 1 heterocycles. The van der Waals surface area contributed by atoms with Crippen molar-refractivity contribution in [2.24, 2.45) is 5.92 Å². The van der Waals surface area contributed by atoms with Crippen LogP contribution in [0.5, 0.6) is 0 Å². The monoisotopic (exact) mass is 155 g/mol. The van der Waals surface area contributed by atoms with Crippen molar-refractivity contribution in [3.05, 3.63) is 0 Å². The van der Waals surface area contributed by atoms with Gasteiger partial charge in [0.2, 0.25) is 0 Å². The number of nitrogens with zero attached hydrogens (tertiary/aromatic N) is 1. The first-order valence-electron chi connectivity index (χ1n) is 4.21. The predicted molar refractivity (Wildman–Crippen MR) is 39.0 cm³/mol. The summed E-state index contributed by atoms with van der Waals surface area (Å²) >= 11 is 0. The van der Waals surface area contributed by atoms with E-state index in [1.54, 1.807) is 0 Å². The molecule has 0 radical (unpaired) electrons. The van der Waals surface area contributed by atoms with Gasteiger partial charge in [-0.1, -0.05) is 19.8 Å². The Hall–Kier alpha value is -0.570. The topological polar surface area (TPSA) is 40.5 Å². The molecule has 2 aliphatic rings. The van der Waals surface area contributed by atoms with E-state index < -0.39 is 0 Å². The number of rotatable bonds is 0. The number of carbonyl (C=O) groups is 1. The molecular formula is C8H13NO2. The van der Waals surface area contributed by atoms with Crippen molar-refractivity contribution in [2.75, 3.05) is 0 Å². The molecule has 1 atom stereocenters. The van der Waals surface area contributed by atoms with Crippen LogP contribution in [0.25, 0.3) is 0 Å². The zero-order chi connectivity index (χ0) is 8.06. The van der Waals surface area contributed by atoms with Crippen molar-refractivity contribution >= 4 is 5.91 Å². The molecule has 0 bridgehead atoms. The van der Waals surface area contributed by atoms with Gasteiger partial charge in [-0.25, -0.2) is 5.06 Å². The first kappa shape index (κ1) is 7.10. The van der Waals surface area contributed by atoms with Gasteiger partial charge in [0.15, 0.2) is 0 Å². The molecular weight excluding hydrogens is 142 g/mol. The van der Waals surface area contributed by atoms with Crippen LogP contribution in [0.4, 0.5) is 0 Å². The van der Waals surface area contributed by atoms with Gasteiger partial charge in [0, 0.05) is 0 Å². The summed E-state index contributed by atoms with van der Waals surface area (Å²) in [5.74, 6) is -0.0538. The summed E-state index contributed by atoms with van der Waals surface area (Å²) in [6.07, 6.45) is 4.26. The molecule has 0 aromatic carbocycles. The van der Waals surface area contributed by atoms with Crippen molar-refractivity contribution in [3.8, 4) is 0 Å². The van der Waals surface area contributed by atoms with E-state index in [1.165, 1.54) is 0 Å². The highest BCUT2D eigenvalue weighted by Crippen LogP contribution is 2.47. The molecule has 1 aliphatic carbocycles. The van der Waals surface area contributed by atoms with E-state index in [-0.39, 0.29) is 17.4 Å². The third kappa shape index (κ3) is 0.644. The SMILES string of the molecule is CC1C(=O)N(O)C12CCCC2. The Bertz CT molecular complexity index is 182. The van der Waals surface area contributed by atoms with Crippen molar-refractivity contribution < 1.29 is 10.0 Å². The van der Waals surface area contributed by atoms with Crippen LogP contribution in [0.3, 0.4) is 0 Å². The van der Waals surface area contributed by atoms with Crippen LogP contribution in [0, 0.1) is 5.92 Å². The van der Waals surface area contributed by atoms with Crippen LogP contribution in [-0.2, 0) is 4.79 Å². The second kappa shape index (κ2) is 1.97. The van der Waals surface area contributed by atoms with Crippen LogP contribution in [-0.4, -0.2) is 21.7 Å². The minimum Gasteiger partial charge on any atom is -0.285 e. The third-order valence-corrected chi connectivity index (χ3v) is 3.28. The minimum absolute atomic E-state index is 0.0509. The normalized spacial score (nSPS) is 34.5. The lowest BCUT2D eigenvalue weighted by atomic mass is 9.75. The van der Waals surface area contributed by atoms with E-state index in [0.29, 0.717) is 0 Å². The summed E-state index contributed by atoms with van der Waals surface area (Å²) < 4.78 is 0. The zero-order valence-electron chi connectivity index (χ0n) is 6.71. The third-order valence-electron chi connectivity index (χ3n) is 3.28. The average molecular weight is 155 g/mol. The molecule has 0 aromatic heterocycles. The van der Waals surface area contributed by atoms with E-state index in [9.17, 15) is 10.0 Å². The summed E-state index contributed by atoms with van der Waals surface area (Å²) in [5.41, 5.74) is -0.156. The minimum atomic E-state index is -0.156. The summed E-state index contributed by atoms with van der Waals surface area (Å²) in [6.45, 7) is 1.92. The number of amides is 1. The van der Waals surface area contributed by atoms with Crippen molar-refractivity contribution in [1.29, 1.82) is 0 Å². The van der Waals surface area contributed by atoms with Gasteiger partial charge in [0.05, 0.1) is 11.5 Å². The van der Waals surface area contributed by atoms with E-state index in [2.05, 4.69) is 0 Å². The van der Waals surface area contributed by atoms with Gasteiger partial charge in [-0.2, -0.15) is 0 Å². The molecule has 0 aromatic rings. The summed E-state index contributed by atoms with van der Waals surface area (Å²) in [4.78, 5) is 11.0. The Morgan fingerprint density at radius 1 is 1.55 bits per heavy atom. The molecule has 1 N–H and O–H groups in total. The predicted octanol–water partition coefficient (Wildman–Crippen LogP) is 1.17. The van der Waals surface area contributed by atoms with Gasteiger partial charge in [-0.15, -0.1) is 0 Å². The first-order valence-corrected chi connectivity index (χ1v) is 4.21. The molecule has 62 valence electrons. The lowest BCUT2D eigenvalue weighted by Crippen LogP contribution is -2.67. The van der Waals surface area contributed by atoms with Crippen molar-refractivity contribution in [3.63, 3.8) is 0 Å². The van der Waals surface area contributed by atoms with E-state index in [4.69, 9.17) is 0 Å². The number of carbonyl (C=O) groups excluding carboxylic acids is 1. The van der Waals surface area contributed by atoms with Gasteiger partial charge in [-0.3, -0.25) is 10.0 Å². The Kier molecular flexibility index (Phi) is 1.27. The molecule has 1 amide bonds. The fourth-order valence-electron chi connectivity index (χ4n) is 2.38. The van der Waals surface area contributed by atoms with Gasteiger partial charge in [-0.05, 0) is 12.8 Å². The highest BCUT2D eigenvalue weighted by molar-refractivity contribution is 5.86. The molecule has 3 heteroatoms. The molecule has 1 aliphatic heterocycles. The Morgan fingerprint density at radius 2 is 2.09 bits per heavy atom. The van der Waals surface area contributed by atoms with Crippen LogP contribution in [0.1, 0.15) is 32.6 Å². The molecule has 2 rings (SSSR count). The molecule has 11 heavy (non-hydrogen) atoms. The fraction of sp³-hybridized carbons (Fsp3) is 0.875. The second-order valence-corrected chi connectivity index (χ2v) is 3.68. The average Bonchev–Trinajstić information content (AvgIpc) is 2.51. The van der Waals surface area contributed by atoms with Crippen LogP contribution in [0.15, 0.2) is 0 Å². The fourth-order valence-corrected chi connectivity index (χ4v) is 2.38. The highest BCUT2D eigenvalue weighted by atomic mass is 16.5. The highest BCUT2D eigenvalue weighted by Gasteiger charge is 2.58. The quantitative estimate of drug-likeness (QED) is 0.421. The van der Waals surface area contributed by atoms with Gasteiger partial charge in [0.1, 0.15) is 0 Å². The lowest BCUT2D eigenvalue weighted by Gasteiger charge is -2.50. The summed E-state index contributed by atoms with van der Waals surface area (Å²) in [7, 11) is 0. The van der Waals surface area contributed by atoms with E-state index in [0.717, 1.165) is 30.7 Å². The molecule has 1 saturated heterocycles. The number of hydroxylamine groups is 2. The number of β-lactam (4-membered cyclic amide) rings is 1. The molecule has 3 nitrogen and oxygen atoms in total. The number of hydrogen-bond acceptors (Lipinski definition) is 2. The molecule has 2 fully saturated rings. The summed E-state index contributed by atoms with van der Waals surface area (Å²) in [5, 5.41) is 10.3. The zero-order valence-corrected chi connectivity index (χ0v) is 6.71. The molecule has 1 saturated carbocycles. The van der Waals surface area contributed by atoms with Crippen LogP contribution < -0.4 is 0 Å². The van der Waals surface area contributed by atoms with Gasteiger partial charge < -0.3 is 0 Å². The Morgan fingerprint density at radius 3 is 2.55 bits per heavy atom. The second-order valence-electron chi connectivity index (χ2n) is 3.68. The molecule has 1 unspecified atom stereocenters. The lowest BCUT2D eigenvalue weighted by molar-refractivity contribution is -0.246. The maximum atomic E-state index is 11.0. The maximum Gasteiger partial charge on any atom is 0.251 e. The van der Waals surface area contributed by atoms with Crippen LogP contribution in [0.2, 0.25) is 0 Å². The van der Waals surface area contributed by atoms with Crippen molar-refractivity contribution in [2.45, 2.75) is 38.1 Å². The Labute approximate surface area is 66.0 Å². The van der Waals surface area contributed by atoms with Crippen LogP contribution >= 0.6 is 0 Å². The standard InChI is InChI=1S/C8H13NO2/c1-6-7(10)9(11)8(6)4-2-3-5-8/h6,11H,2-5H2,1H3. The van der Waals surface area contributed by atoms with Crippen molar-refractivity contribution in [1.82, 2.24) is 5.06 Å². The smallest absolute Gasteiger partial charge is 0.251 e. The first-order chi connectivity index (χ1) is 5.18.